The zero-order valence-corrected chi connectivity index (χ0v) is 30.1. The van der Waals surface area contributed by atoms with Gasteiger partial charge in [0.05, 0.1) is 11.1 Å². The van der Waals surface area contributed by atoms with E-state index in [0.717, 1.165) is 12.1 Å². The van der Waals surface area contributed by atoms with Gasteiger partial charge in [-0.05, 0) is 73.4 Å². The van der Waals surface area contributed by atoms with Crippen LogP contribution in [-0.2, 0) is 10.8 Å². The molecule has 0 saturated carbocycles. The normalized spacial score (nSPS) is 13.0. The lowest BCUT2D eigenvalue weighted by molar-refractivity contribution is -0.288. The maximum atomic E-state index is 15.3. The van der Waals surface area contributed by atoms with E-state index in [9.17, 15) is 26.3 Å². The van der Waals surface area contributed by atoms with Crippen LogP contribution >= 0.6 is 0 Å². The maximum absolute atomic E-state index is 15.3. The summed E-state index contributed by atoms with van der Waals surface area (Å²) in [6.07, 6.45) is -11.3. The van der Waals surface area contributed by atoms with E-state index in [1.165, 1.54) is 20.8 Å². The van der Waals surface area contributed by atoms with Gasteiger partial charge in [-0.15, -0.1) is 0 Å². The summed E-state index contributed by atoms with van der Waals surface area (Å²) in [7, 11) is 0. The lowest BCUT2D eigenvalue weighted by Crippen LogP contribution is -2.54. The topological polar surface area (TPSA) is 18.5 Å². The van der Waals surface area contributed by atoms with E-state index in [1.54, 1.807) is 20.8 Å². The summed E-state index contributed by atoms with van der Waals surface area (Å²) in [4.78, 5) is 0. The largest absolute Gasteiger partial charge is 0.488 e. The Morgan fingerprint density at radius 3 is 1.13 bits per heavy atom. The molecule has 4 aromatic rings. The summed E-state index contributed by atoms with van der Waals surface area (Å²) in [5, 5.41) is 0. The highest BCUT2D eigenvalue weighted by Gasteiger charge is 2.72. The Morgan fingerprint density at radius 1 is 0.455 bits per heavy atom. The van der Waals surface area contributed by atoms with E-state index in [4.69, 9.17) is 9.47 Å². The fourth-order valence-corrected chi connectivity index (χ4v) is 6.23. The van der Waals surface area contributed by atoms with Crippen LogP contribution < -0.4 is 9.47 Å². The van der Waals surface area contributed by atoms with Crippen LogP contribution in [0, 0.1) is 46.5 Å². The van der Waals surface area contributed by atoms with Crippen molar-refractivity contribution in [1.29, 1.82) is 0 Å². The van der Waals surface area contributed by atoms with Crippen molar-refractivity contribution in [2.24, 2.45) is 0 Å². The molecule has 4 aromatic carbocycles. The highest BCUT2D eigenvalue weighted by molar-refractivity contribution is 5.69. The van der Waals surface area contributed by atoms with Gasteiger partial charge in [-0.25, -0.2) is 26.3 Å². The van der Waals surface area contributed by atoms with Gasteiger partial charge in [-0.1, -0.05) is 58.9 Å². The van der Waals surface area contributed by atoms with Gasteiger partial charge in [0.1, 0.15) is 17.1 Å². The Balaban J connectivity index is 1.82. The van der Waals surface area contributed by atoms with Crippen molar-refractivity contribution in [1.82, 2.24) is 0 Å². The van der Waals surface area contributed by atoms with E-state index in [-0.39, 0.29) is 30.7 Å². The molecular formula is C39H34F14O2. The number of halogens is 14. The lowest BCUT2D eigenvalue weighted by atomic mass is 9.73. The van der Waals surface area contributed by atoms with Crippen molar-refractivity contribution in [3.63, 3.8) is 0 Å². The zero-order valence-electron chi connectivity index (χ0n) is 30.1. The first kappa shape index (κ1) is 43.2. The Bertz CT molecular complexity index is 1950. The highest BCUT2D eigenvalue weighted by Crippen LogP contribution is 2.56. The first-order chi connectivity index (χ1) is 25.4. The third kappa shape index (κ3) is 7.21. The summed E-state index contributed by atoms with van der Waals surface area (Å²) >= 11 is 0. The van der Waals surface area contributed by atoms with Crippen LogP contribution in [0.5, 0.6) is 17.2 Å². The molecule has 0 fully saturated rings. The van der Waals surface area contributed by atoms with Gasteiger partial charge in [-0.3, -0.25) is 0 Å². The molecule has 0 bridgehead atoms. The summed E-state index contributed by atoms with van der Waals surface area (Å²) < 4.78 is 221. The van der Waals surface area contributed by atoms with Gasteiger partial charge in [-0.2, -0.15) is 35.1 Å². The molecule has 0 heterocycles. The number of hydrogen-bond acceptors (Lipinski definition) is 2. The number of hydrogen-bond donors (Lipinski definition) is 0. The summed E-state index contributed by atoms with van der Waals surface area (Å²) in [5.74, 6) is -22.1. The Hall–Kier alpha value is -4.50. The van der Waals surface area contributed by atoms with Crippen LogP contribution in [0.3, 0.4) is 0 Å². The monoisotopic (exact) mass is 800 g/mol. The van der Waals surface area contributed by atoms with Crippen LogP contribution in [0.4, 0.5) is 61.5 Å². The van der Waals surface area contributed by atoms with Crippen molar-refractivity contribution in [2.75, 3.05) is 0 Å². The Morgan fingerprint density at radius 2 is 0.800 bits per heavy atom. The lowest BCUT2D eigenvalue weighted by Gasteiger charge is -2.38. The first-order valence-electron chi connectivity index (χ1n) is 16.8. The van der Waals surface area contributed by atoms with Gasteiger partial charge in [0.25, 0.3) is 0 Å². The van der Waals surface area contributed by atoms with Gasteiger partial charge in [0.15, 0.2) is 34.9 Å². The third-order valence-corrected chi connectivity index (χ3v) is 10.4. The summed E-state index contributed by atoms with van der Waals surface area (Å²) in [6.45, 7) is 9.38. The molecule has 0 atom stereocenters. The van der Waals surface area contributed by atoms with E-state index >= 15 is 35.1 Å². The number of benzene rings is 4. The van der Waals surface area contributed by atoms with E-state index < -0.39 is 115 Å². The van der Waals surface area contributed by atoms with Gasteiger partial charge < -0.3 is 9.47 Å². The molecule has 0 spiro atoms. The summed E-state index contributed by atoms with van der Waals surface area (Å²) in [6, 6.07) is 4.29. The standard InChI is InChI=1S/C39H34F14O2/c1-7-35(5,8-2)25-30(44)26(40)23(27(41)31(25)45)24-28(42)32(46)34(33(47)29(24)43)54-21-15-11-19(12-16-21)37(38(48,49)50,39(51,52)53)20-13-17-22(18-14-20)55-36(6,9-3)10-4/h11-18H,7-10H2,1-6H3. The molecule has 0 amide bonds. The smallest absolute Gasteiger partial charge is 0.411 e. The molecule has 0 radical (unpaired) electrons. The highest BCUT2D eigenvalue weighted by atomic mass is 19.4. The molecule has 0 unspecified atom stereocenters. The van der Waals surface area contributed by atoms with Crippen molar-refractivity contribution in [3.05, 3.63) is 112 Å². The molecule has 0 saturated heterocycles. The first-order valence-corrected chi connectivity index (χ1v) is 16.8. The minimum absolute atomic E-state index is 0.0137. The SMILES string of the molecule is CCC(C)(CC)Oc1ccc(C(c2ccc(Oc3c(F)c(F)c(-c4c(F)c(F)c(C(C)(CC)CC)c(F)c4F)c(F)c3F)cc2)(C(F)(F)F)C(F)(F)F)cc1. The Labute approximate surface area is 307 Å². The molecule has 4 rings (SSSR count). The average molecular weight is 801 g/mol. The van der Waals surface area contributed by atoms with Crippen LogP contribution in [0.1, 0.15) is 83.9 Å². The Kier molecular flexibility index (Phi) is 12.0. The number of ether oxygens (including phenoxy) is 2. The fourth-order valence-electron chi connectivity index (χ4n) is 6.23. The minimum Gasteiger partial charge on any atom is -0.488 e. The molecule has 2 nitrogen and oxygen atoms in total. The molecule has 55 heavy (non-hydrogen) atoms. The molecule has 0 aliphatic carbocycles. The van der Waals surface area contributed by atoms with Gasteiger partial charge >= 0.3 is 12.4 Å². The molecule has 0 aliphatic heterocycles. The van der Waals surface area contributed by atoms with Crippen molar-refractivity contribution < 1.29 is 70.9 Å². The second kappa shape index (κ2) is 15.2. The number of rotatable bonds is 12. The van der Waals surface area contributed by atoms with Crippen LogP contribution in [0.2, 0.25) is 0 Å². The van der Waals surface area contributed by atoms with E-state index in [0.29, 0.717) is 37.1 Å². The van der Waals surface area contributed by atoms with Gasteiger partial charge in [0.2, 0.25) is 22.8 Å². The molecule has 0 aromatic heterocycles. The minimum atomic E-state index is -6.05. The second-order valence-electron chi connectivity index (χ2n) is 13.4. The fraction of sp³-hybridized carbons (Fsp3) is 0.385. The third-order valence-electron chi connectivity index (χ3n) is 10.4. The van der Waals surface area contributed by atoms with Crippen LogP contribution in [0.25, 0.3) is 11.1 Å². The van der Waals surface area contributed by atoms with Crippen molar-refractivity contribution in [3.8, 4) is 28.4 Å². The van der Waals surface area contributed by atoms with Crippen LogP contribution in [-0.4, -0.2) is 18.0 Å². The summed E-state index contributed by atoms with van der Waals surface area (Å²) in [5.41, 5.74) is -15.1. The second-order valence-corrected chi connectivity index (χ2v) is 13.4. The van der Waals surface area contributed by atoms with Gasteiger partial charge in [0, 0.05) is 5.56 Å². The van der Waals surface area contributed by atoms with E-state index in [1.807, 2.05) is 0 Å². The molecule has 0 N–H and O–H groups in total. The van der Waals surface area contributed by atoms with E-state index in [2.05, 4.69) is 0 Å². The quantitative estimate of drug-likeness (QED) is 0.105. The zero-order chi connectivity index (χ0) is 41.6. The number of alkyl halides is 6. The molecule has 0 aliphatic rings. The molecular weight excluding hydrogens is 766 g/mol. The molecule has 16 heteroatoms. The molecule has 300 valence electrons. The van der Waals surface area contributed by atoms with Crippen molar-refractivity contribution >= 4 is 0 Å². The average Bonchev–Trinajstić information content (AvgIpc) is 3.13. The van der Waals surface area contributed by atoms with Crippen molar-refractivity contribution in [2.45, 2.75) is 96.0 Å². The van der Waals surface area contributed by atoms with Crippen LogP contribution in [0.15, 0.2) is 48.5 Å². The predicted molar refractivity (Wildman–Crippen MR) is 175 cm³/mol. The predicted octanol–water partition coefficient (Wildman–Crippen LogP) is 13.7. The maximum Gasteiger partial charge on any atom is 0.411 e.